The molecular weight excluding hydrogens is 330 g/mol. The van der Waals surface area contributed by atoms with E-state index in [2.05, 4.69) is 31.7 Å². The molecule has 114 valence electrons. The second kappa shape index (κ2) is 5.98. The molecule has 0 fully saturated rings. The van der Waals surface area contributed by atoms with Crippen LogP contribution in [0.3, 0.4) is 0 Å². The molecule has 2 aromatic carbocycles. The lowest BCUT2D eigenvalue weighted by Crippen LogP contribution is -1.88. The summed E-state index contributed by atoms with van der Waals surface area (Å²) in [6, 6.07) is 13.9. The van der Waals surface area contributed by atoms with E-state index in [0.717, 1.165) is 26.1 Å². The number of para-hydroxylation sites is 1. The smallest absolute Gasteiger partial charge is 0.204 e. The number of ether oxygens (including phenoxy) is 1. The van der Waals surface area contributed by atoms with Gasteiger partial charge in [-0.1, -0.05) is 23.9 Å². The van der Waals surface area contributed by atoms with E-state index in [1.807, 2.05) is 36.4 Å². The number of H-pyrrole nitrogens is 1. The second-order valence-corrected chi connectivity index (χ2v) is 6.97. The van der Waals surface area contributed by atoms with Gasteiger partial charge in [0.25, 0.3) is 0 Å². The minimum Gasteiger partial charge on any atom is -0.496 e. The van der Waals surface area contributed by atoms with Gasteiger partial charge < -0.3 is 4.74 Å². The molecule has 0 saturated heterocycles. The lowest BCUT2D eigenvalue weighted by Gasteiger charge is -2.07. The molecule has 2 aromatic heterocycles. The second-order valence-electron chi connectivity index (χ2n) is 4.65. The van der Waals surface area contributed by atoms with Gasteiger partial charge in [0.1, 0.15) is 5.75 Å². The third-order valence-electron chi connectivity index (χ3n) is 3.24. The zero-order chi connectivity index (χ0) is 15.6. The largest absolute Gasteiger partial charge is 0.496 e. The summed E-state index contributed by atoms with van der Waals surface area (Å²) in [6.07, 6.45) is 0. The number of fused-ring (bicyclic) bond motifs is 1. The van der Waals surface area contributed by atoms with Crippen molar-refractivity contribution in [1.82, 2.24) is 25.6 Å². The molecule has 0 unspecified atom stereocenters. The van der Waals surface area contributed by atoms with Gasteiger partial charge in [0, 0.05) is 5.56 Å². The third kappa shape index (κ3) is 2.78. The van der Waals surface area contributed by atoms with Gasteiger partial charge in [-0.15, -0.1) is 21.5 Å². The van der Waals surface area contributed by atoms with Crippen LogP contribution < -0.4 is 4.74 Å². The Morgan fingerprint density at radius 2 is 2.09 bits per heavy atom. The number of hydrogen-bond donors (Lipinski definition) is 1. The number of nitrogens with one attached hydrogen (secondary N) is 1. The number of rotatable bonds is 4. The number of benzene rings is 2. The molecule has 0 amide bonds. The summed E-state index contributed by atoms with van der Waals surface area (Å²) in [7, 11) is 1.66. The molecule has 6 nitrogen and oxygen atoms in total. The molecule has 8 heteroatoms. The summed E-state index contributed by atoms with van der Waals surface area (Å²) < 4.78 is 7.59. The first kappa shape index (κ1) is 14.2. The summed E-state index contributed by atoms with van der Waals surface area (Å²) in [5.74, 6) is 1.35. The van der Waals surface area contributed by atoms with Crippen molar-refractivity contribution < 1.29 is 4.74 Å². The summed E-state index contributed by atoms with van der Waals surface area (Å²) in [4.78, 5) is 5.62. The maximum absolute atomic E-state index is 5.46. The molecule has 0 spiro atoms. The van der Waals surface area contributed by atoms with Crippen LogP contribution >= 0.6 is 23.1 Å². The van der Waals surface area contributed by atoms with E-state index < -0.39 is 0 Å². The Kier molecular flexibility index (Phi) is 3.68. The molecule has 2 heterocycles. The highest BCUT2D eigenvalue weighted by Gasteiger charge is 2.12. The topological polar surface area (TPSA) is 76.6 Å². The Morgan fingerprint density at radius 1 is 1.17 bits per heavy atom. The van der Waals surface area contributed by atoms with Gasteiger partial charge in [-0.2, -0.15) is 5.21 Å². The Hall–Kier alpha value is -2.45. The van der Waals surface area contributed by atoms with Crippen LogP contribution in [0.1, 0.15) is 0 Å². The molecule has 0 aliphatic heterocycles. The predicted molar refractivity (Wildman–Crippen MR) is 89.9 cm³/mol. The van der Waals surface area contributed by atoms with Crippen molar-refractivity contribution in [2.45, 2.75) is 9.24 Å². The number of aromatic nitrogens is 5. The van der Waals surface area contributed by atoms with Gasteiger partial charge >= 0.3 is 0 Å². The number of nitrogens with zero attached hydrogens (tertiary/aromatic N) is 4. The molecule has 0 aliphatic rings. The van der Waals surface area contributed by atoms with Gasteiger partial charge in [-0.25, -0.2) is 4.98 Å². The first-order chi connectivity index (χ1) is 11.3. The van der Waals surface area contributed by atoms with Crippen LogP contribution in [0.15, 0.2) is 51.7 Å². The minimum absolute atomic E-state index is 0.554. The summed E-state index contributed by atoms with van der Waals surface area (Å²) >= 11 is 3.23. The minimum atomic E-state index is 0.554. The number of thiazole rings is 1. The van der Waals surface area contributed by atoms with Crippen LogP contribution in [0.2, 0.25) is 0 Å². The van der Waals surface area contributed by atoms with Gasteiger partial charge in [0.15, 0.2) is 4.34 Å². The summed E-state index contributed by atoms with van der Waals surface area (Å²) in [5.41, 5.74) is 1.89. The average Bonchev–Trinajstić information content (AvgIpc) is 3.24. The van der Waals surface area contributed by atoms with Crippen LogP contribution in [-0.2, 0) is 0 Å². The molecule has 0 aliphatic carbocycles. The van der Waals surface area contributed by atoms with E-state index in [9.17, 15) is 0 Å². The Balaban J connectivity index is 1.73. The van der Waals surface area contributed by atoms with Crippen LogP contribution in [-0.4, -0.2) is 32.7 Å². The lowest BCUT2D eigenvalue weighted by atomic mass is 10.2. The van der Waals surface area contributed by atoms with Gasteiger partial charge in [-0.3, -0.25) is 0 Å². The first-order valence-corrected chi connectivity index (χ1v) is 8.42. The average molecular weight is 341 g/mol. The molecule has 0 saturated carbocycles. The summed E-state index contributed by atoms with van der Waals surface area (Å²) in [6.45, 7) is 0. The van der Waals surface area contributed by atoms with E-state index in [4.69, 9.17) is 4.74 Å². The predicted octanol–water partition coefficient (Wildman–Crippen LogP) is 3.64. The maximum Gasteiger partial charge on any atom is 0.204 e. The van der Waals surface area contributed by atoms with E-state index in [0.29, 0.717) is 5.82 Å². The van der Waals surface area contributed by atoms with Crippen molar-refractivity contribution in [3.63, 3.8) is 0 Å². The number of aromatic amines is 1. The first-order valence-electron chi connectivity index (χ1n) is 6.79. The molecule has 0 bridgehead atoms. The van der Waals surface area contributed by atoms with Crippen molar-refractivity contribution in [3.8, 4) is 17.1 Å². The molecule has 23 heavy (non-hydrogen) atoms. The molecule has 4 aromatic rings. The van der Waals surface area contributed by atoms with Gasteiger partial charge in [-0.05, 0) is 35.5 Å². The van der Waals surface area contributed by atoms with Crippen LogP contribution in [0, 0.1) is 0 Å². The zero-order valence-electron chi connectivity index (χ0n) is 12.1. The lowest BCUT2D eigenvalue weighted by molar-refractivity contribution is 0.405. The van der Waals surface area contributed by atoms with Crippen molar-refractivity contribution >= 4 is 33.3 Å². The SMILES string of the molecule is COc1ccc(-c2nn[nH]n2)cc1Sc1nc2ccccc2s1. The number of hydrogen-bond acceptors (Lipinski definition) is 7. The number of tetrazole rings is 1. The molecule has 1 N–H and O–H groups in total. The highest BCUT2D eigenvalue weighted by atomic mass is 32.2. The monoisotopic (exact) mass is 341 g/mol. The van der Waals surface area contributed by atoms with Crippen molar-refractivity contribution in [2.24, 2.45) is 0 Å². The van der Waals surface area contributed by atoms with E-state index in [1.165, 1.54) is 4.70 Å². The fourth-order valence-electron chi connectivity index (χ4n) is 2.17. The Labute approximate surface area is 139 Å². The van der Waals surface area contributed by atoms with Crippen LogP contribution in [0.5, 0.6) is 5.75 Å². The molecular formula is C15H11N5OS2. The zero-order valence-corrected chi connectivity index (χ0v) is 13.7. The standard InChI is InChI=1S/C15H11N5OS2/c1-21-11-7-6-9(14-17-19-20-18-14)8-13(11)23-15-16-10-4-2-3-5-12(10)22-15/h2-8H,1H3,(H,17,18,19,20). The van der Waals surface area contributed by atoms with E-state index >= 15 is 0 Å². The van der Waals surface area contributed by atoms with Crippen LogP contribution in [0.25, 0.3) is 21.6 Å². The molecule has 0 radical (unpaired) electrons. The van der Waals surface area contributed by atoms with Gasteiger partial charge in [0.2, 0.25) is 5.82 Å². The van der Waals surface area contributed by atoms with Crippen molar-refractivity contribution in [2.75, 3.05) is 7.11 Å². The van der Waals surface area contributed by atoms with Crippen molar-refractivity contribution in [3.05, 3.63) is 42.5 Å². The molecule has 4 rings (SSSR count). The molecule has 0 atom stereocenters. The van der Waals surface area contributed by atoms with E-state index in [1.54, 1.807) is 30.2 Å². The van der Waals surface area contributed by atoms with Crippen molar-refractivity contribution in [1.29, 1.82) is 0 Å². The Bertz CT molecular complexity index is 919. The van der Waals surface area contributed by atoms with Gasteiger partial charge in [0.05, 0.1) is 22.2 Å². The third-order valence-corrected chi connectivity index (χ3v) is 5.37. The fourth-order valence-corrected chi connectivity index (χ4v) is 4.34. The number of methoxy groups -OCH3 is 1. The fraction of sp³-hybridized carbons (Fsp3) is 0.0667. The normalized spacial score (nSPS) is 11.0. The van der Waals surface area contributed by atoms with Crippen LogP contribution in [0.4, 0.5) is 0 Å². The highest BCUT2D eigenvalue weighted by Crippen LogP contribution is 2.40. The van der Waals surface area contributed by atoms with E-state index in [-0.39, 0.29) is 0 Å². The highest BCUT2D eigenvalue weighted by molar-refractivity contribution is 8.01. The Morgan fingerprint density at radius 3 is 2.87 bits per heavy atom. The summed E-state index contributed by atoms with van der Waals surface area (Å²) in [5, 5.41) is 14.1. The maximum atomic E-state index is 5.46. The quantitative estimate of drug-likeness (QED) is 0.611.